The van der Waals surface area contributed by atoms with Crippen molar-refractivity contribution in [2.75, 3.05) is 24.6 Å². The van der Waals surface area contributed by atoms with Crippen molar-refractivity contribution in [1.82, 2.24) is 14.5 Å². The fraction of sp³-hybridized carbons (Fsp3) is 0.500. The highest BCUT2D eigenvalue weighted by Crippen LogP contribution is 2.20. The van der Waals surface area contributed by atoms with E-state index in [1.165, 1.54) is 5.69 Å². The maximum Gasteiger partial charge on any atom is 0.0946 e. The number of hydrogen-bond donors (Lipinski definition) is 0. The van der Waals surface area contributed by atoms with Crippen LogP contribution in [0.25, 0.3) is 0 Å². The van der Waals surface area contributed by atoms with Gasteiger partial charge in [0.1, 0.15) is 0 Å². The minimum atomic E-state index is 0.192. The highest BCUT2D eigenvalue weighted by molar-refractivity contribution is 5.45. The second kappa shape index (κ2) is 6.26. The summed E-state index contributed by atoms with van der Waals surface area (Å²) in [6.45, 7) is 7.74. The van der Waals surface area contributed by atoms with Gasteiger partial charge in [-0.05, 0) is 18.1 Å². The minimum absolute atomic E-state index is 0.192. The molecule has 0 amide bonds. The Labute approximate surface area is 125 Å². The average molecular weight is 286 g/mol. The lowest BCUT2D eigenvalue weighted by atomic mass is 10.1. The zero-order valence-electron chi connectivity index (χ0n) is 12.6. The Balaban J connectivity index is 1.65. The van der Waals surface area contributed by atoms with Crippen LogP contribution in [-0.4, -0.2) is 40.3 Å². The van der Waals surface area contributed by atoms with Crippen LogP contribution in [0.2, 0.25) is 0 Å². The third kappa shape index (κ3) is 3.42. The fourth-order valence-corrected chi connectivity index (χ4v) is 2.62. The van der Waals surface area contributed by atoms with Crippen molar-refractivity contribution in [3.63, 3.8) is 0 Å². The van der Waals surface area contributed by atoms with Crippen molar-refractivity contribution in [1.29, 1.82) is 0 Å². The van der Waals surface area contributed by atoms with Crippen LogP contribution in [0.3, 0.4) is 0 Å². The van der Waals surface area contributed by atoms with Gasteiger partial charge >= 0.3 is 0 Å². The summed E-state index contributed by atoms with van der Waals surface area (Å²) in [5.74, 6) is 0.470. The predicted molar refractivity (Wildman–Crippen MR) is 82.5 cm³/mol. The number of hydrogen-bond acceptors (Lipinski definition) is 4. The number of ether oxygens (including phenoxy) is 1. The quantitative estimate of drug-likeness (QED) is 0.865. The number of rotatable bonds is 4. The topological polar surface area (TPSA) is 43.2 Å². The molecule has 1 aliphatic rings. The molecule has 0 spiro atoms. The first-order valence-corrected chi connectivity index (χ1v) is 7.50. The second-order valence-electron chi connectivity index (χ2n) is 5.79. The highest BCUT2D eigenvalue weighted by Gasteiger charge is 2.21. The summed E-state index contributed by atoms with van der Waals surface area (Å²) >= 11 is 0. The number of aromatic nitrogens is 3. The number of pyridine rings is 1. The van der Waals surface area contributed by atoms with Gasteiger partial charge in [-0.1, -0.05) is 13.8 Å². The maximum absolute atomic E-state index is 5.85. The molecule has 1 atom stereocenters. The predicted octanol–water partition coefficient (Wildman–Crippen LogP) is 2.31. The van der Waals surface area contributed by atoms with E-state index in [4.69, 9.17) is 4.74 Å². The molecule has 1 unspecified atom stereocenters. The molecule has 0 bridgehead atoms. The summed E-state index contributed by atoms with van der Waals surface area (Å²) in [4.78, 5) is 11.0. The molecule has 0 aliphatic carbocycles. The fourth-order valence-electron chi connectivity index (χ4n) is 2.62. The van der Waals surface area contributed by atoms with E-state index in [2.05, 4.69) is 45.4 Å². The molecule has 5 heteroatoms. The van der Waals surface area contributed by atoms with Crippen molar-refractivity contribution in [2.24, 2.45) is 0 Å². The van der Waals surface area contributed by atoms with Crippen LogP contribution in [0.5, 0.6) is 0 Å². The van der Waals surface area contributed by atoms with E-state index >= 15 is 0 Å². The van der Waals surface area contributed by atoms with Gasteiger partial charge in [0.05, 0.1) is 37.5 Å². The lowest BCUT2D eigenvalue weighted by Gasteiger charge is -2.34. The Hall–Kier alpha value is -1.88. The standard InChI is InChI=1S/C16H22N4O/c1-13(2)16-4-3-14(9-18-16)20-7-8-21-15(11-20)10-19-6-5-17-12-19/h3-6,9,12-13,15H,7-8,10-11H2,1-2H3. The molecule has 3 heterocycles. The van der Waals surface area contributed by atoms with E-state index in [1.54, 1.807) is 6.20 Å². The maximum atomic E-state index is 5.85. The minimum Gasteiger partial charge on any atom is -0.373 e. The average Bonchev–Trinajstić information content (AvgIpc) is 3.00. The number of anilines is 1. The van der Waals surface area contributed by atoms with Crippen LogP contribution in [0.1, 0.15) is 25.5 Å². The van der Waals surface area contributed by atoms with Gasteiger partial charge in [0.15, 0.2) is 0 Å². The molecule has 112 valence electrons. The zero-order valence-corrected chi connectivity index (χ0v) is 12.6. The first-order valence-electron chi connectivity index (χ1n) is 7.50. The smallest absolute Gasteiger partial charge is 0.0946 e. The molecular formula is C16H22N4O. The van der Waals surface area contributed by atoms with Crippen LogP contribution in [0.4, 0.5) is 5.69 Å². The Bertz CT molecular complexity index is 550. The summed E-state index contributed by atoms with van der Waals surface area (Å²) in [7, 11) is 0. The van der Waals surface area contributed by atoms with Crippen molar-refractivity contribution in [3.8, 4) is 0 Å². The van der Waals surface area contributed by atoms with Crippen LogP contribution < -0.4 is 4.90 Å². The van der Waals surface area contributed by atoms with E-state index < -0.39 is 0 Å². The first kappa shape index (κ1) is 14.1. The molecule has 0 aromatic carbocycles. The van der Waals surface area contributed by atoms with Crippen LogP contribution in [-0.2, 0) is 11.3 Å². The molecule has 0 N–H and O–H groups in total. The normalized spacial score (nSPS) is 19.2. The molecule has 1 saturated heterocycles. The van der Waals surface area contributed by atoms with Gasteiger partial charge in [-0.3, -0.25) is 4.98 Å². The Kier molecular flexibility index (Phi) is 4.20. The van der Waals surface area contributed by atoms with E-state index in [9.17, 15) is 0 Å². The molecule has 3 rings (SSSR count). The van der Waals surface area contributed by atoms with Crippen molar-refractivity contribution in [2.45, 2.75) is 32.4 Å². The molecule has 5 nitrogen and oxygen atoms in total. The van der Waals surface area contributed by atoms with Gasteiger partial charge in [-0.2, -0.15) is 0 Å². The van der Waals surface area contributed by atoms with Crippen LogP contribution >= 0.6 is 0 Å². The third-order valence-corrected chi connectivity index (χ3v) is 3.84. The number of nitrogens with zero attached hydrogens (tertiary/aromatic N) is 4. The van der Waals surface area contributed by atoms with Crippen LogP contribution in [0.15, 0.2) is 37.1 Å². The summed E-state index contributed by atoms with van der Waals surface area (Å²) in [5.41, 5.74) is 2.32. The Morgan fingerprint density at radius 1 is 1.38 bits per heavy atom. The largest absolute Gasteiger partial charge is 0.373 e. The summed E-state index contributed by atoms with van der Waals surface area (Å²) < 4.78 is 7.92. The molecular weight excluding hydrogens is 264 g/mol. The third-order valence-electron chi connectivity index (χ3n) is 3.84. The number of morpholine rings is 1. The Morgan fingerprint density at radius 2 is 2.29 bits per heavy atom. The summed E-state index contributed by atoms with van der Waals surface area (Å²) in [6.07, 6.45) is 7.78. The van der Waals surface area contributed by atoms with Gasteiger partial charge < -0.3 is 14.2 Å². The van der Waals surface area contributed by atoms with Crippen molar-refractivity contribution in [3.05, 3.63) is 42.7 Å². The second-order valence-corrected chi connectivity index (χ2v) is 5.79. The SMILES string of the molecule is CC(C)c1ccc(N2CCOC(Cn3ccnc3)C2)cn1. The lowest BCUT2D eigenvalue weighted by molar-refractivity contribution is 0.0296. The lowest BCUT2D eigenvalue weighted by Crippen LogP contribution is -2.44. The van der Waals surface area contributed by atoms with E-state index in [1.807, 2.05) is 18.7 Å². The number of imidazole rings is 1. The molecule has 0 radical (unpaired) electrons. The molecule has 2 aromatic heterocycles. The van der Waals surface area contributed by atoms with Gasteiger partial charge in [-0.25, -0.2) is 4.98 Å². The first-order chi connectivity index (χ1) is 10.2. The highest BCUT2D eigenvalue weighted by atomic mass is 16.5. The van der Waals surface area contributed by atoms with Gasteiger partial charge in [0.2, 0.25) is 0 Å². The molecule has 0 saturated carbocycles. The monoisotopic (exact) mass is 286 g/mol. The van der Waals surface area contributed by atoms with Gasteiger partial charge in [-0.15, -0.1) is 0 Å². The van der Waals surface area contributed by atoms with Crippen molar-refractivity contribution < 1.29 is 4.74 Å². The zero-order chi connectivity index (χ0) is 14.7. The molecule has 2 aromatic rings. The summed E-state index contributed by atoms with van der Waals surface area (Å²) in [5, 5.41) is 0. The molecule has 21 heavy (non-hydrogen) atoms. The van der Waals surface area contributed by atoms with E-state index in [-0.39, 0.29) is 6.10 Å². The summed E-state index contributed by atoms with van der Waals surface area (Å²) in [6, 6.07) is 4.29. The van der Waals surface area contributed by atoms with E-state index in [0.29, 0.717) is 5.92 Å². The molecule has 1 fully saturated rings. The van der Waals surface area contributed by atoms with Gasteiger partial charge in [0.25, 0.3) is 0 Å². The van der Waals surface area contributed by atoms with Gasteiger partial charge in [0, 0.05) is 31.2 Å². The van der Waals surface area contributed by atoms with Crippen LogP contribution in [0, 0.1) is 0 Å². The van der Waals surface area contributed by atoms with Crippen molar-refractivity contribution >= 4 is 5.69 Å². The van der Waals surface area contributed by atoms with E-state index in [0.717, 1.165) is 31.9 Å². The Morgan fingerprint density at radius 3 is 2.95 bits per heavy atom. The molecule has 1 aliphatic heterocycles.